The van der Waals surface area contributed by atoms with Gasteiger partial charge in [0.25, 0.3) is 5.56 Å². The summed E-state index contributed by atoms with van der Waals surface area (Å²) in [5, 5.41) is 31.6. The molecule has 1 fully saturated rings. The molecule has 2 rings (SSSR count). The van der Waals surface area contributed by atoms with Crippen LogP contribution in [-0.2, 0) is 14.3 Å². The van der Waals surface area contributed by atoms with Crippen molar-refractivity contribution in [2.75, 3.05) is 13.2 Å². The van der Waals surface area contributed by atoms with E-state index < -0.39 is 48.4 Å². The number of carboxylic acid groups (broad SMARTS) is 1. The molecule has 0 aromatic carbocycles. The number of rotatable bonds is 5. The fraction of sp³-hybridized carbons (Fsp3) is 0.600. The Kier molecular flexibility index (Phi) is 4.47. The van der Waals surface area contributed by atoms with Crippen LogP contribution >= 0.6 is 0 Å². The number of aliphatic carboxylic acids is 1. The van der Waals surface area contributed by atoms with Gasteiger partial charge in [-0.15, -0.1) is 0 Å². The lowest BCUT2D eigenvalue weighted by atomic mass is 10.1. The molecule has 4 N–H and O–H groups in total. The number of hydrogen-bond acceptors (Lipinski definition) is 8. The fourth-order valence-corrected chi connectivity index (χ4v) is 1.87. The van der Waals surface area contributed by atoms with Gasteiger partial charge >= 0.3 is 11.7 Å². The van der Waals surface area contributed by atoms with Crippen LogP contribution in [0.1, 0.15) is 6.23 Å². The van der Waals surface area contributed by atoms with Crippen molar-refractivity contribution in [3.05, 3.63) is 27.0 Å². The molecule has 0 amide bonds. The minimum absolute atomic E-state index is 0.293. The maximum absolute atomic E-state index is 11.6. The Balaban J connectivity index is 2.10. The lowest BCUT2D eigenvalue weighted by Gasteiger charge is -2.15. The molecule has 0 aliphatic carbocycles. The fourth-order valence-electron chi connectivity index (χ4n) is 1.87. The molecule has 11 heteroatoms. The number of nitrogens with zero attached hydrogens (tertiary/aromatic N) is 2. The Hall–Kier alpha value is -2.08. The van der Waals surface area contributed by atoms with E-state index in [9.17, 15) is 24.6 Å². The highest BCUT2D eigenvalue weighted by atomic mass is 16.6. The summed E-state index contributed by atoms with van der Waals surface area (Å²) in [6.45, 7) is -0.886. The van der Waals surface area contributed by atoms with E-state index in [2.05, 4.69) is 5.10 Å². The van der Waals surface area contributed by atoms with Crippen molar-refractivity contribution >= 4 is 5.97 Å². The molecule has 1 aliphatic heterocycles. The van der Waals surface area contributed by atoms with Gasteiger partial charge < -0.3 is 24.8 Å². The van der Waals surface area contributed by atoms with Crippen molar-refractivity contribution in [2.24, 2.45) is 0 Å². The zero-order chi connectivity index (χ0) is 15.6. The second-order valence-corrected chi connectivity index (χ2v) is 4.34. The van der Waals surface area contributed by atoms with Crippen LogP contribution in [0.5, 0.6) is 0 Å². The first-order valence-electron chi connectivity index (χ1n) is 5.89. The Morgan fingerprint density at radius 1 is 1.43 bits per heavy atom. The predicted molar refractivity (Wildman–Crippen MR) is 63.5 cm³/mol. The minimum Gasteiger partial charge on any atom is -0.480 e. The first-order valence-corrected chi connectivity index (χ1v) is 5.89. The second-order valence-electron chi connectivity index (χ2n) is 4.34. The molecule has 11 nitrogen and oxygen atoms in total. The molecule has 1 aromatic heterocycles. The molecule has 0 bridgehead atoms. The smallest absolute Gasteiger partial charge is 0.347 e. The third kappa shape index (κ3) is 3.33. The highest BCUT2D eigenvalue weighted by molar-refractivity contribution is 5.67. The van der Waals surface area contributed by atoms with Crippen LogP contribution in [0, 0.1) is 0 Å². The summed E-state index contributed by atoms with van der Waals surface area (Å²) in [6, 6.07) is 0. The monoisotopic (exact) mass is 303 g/mol. The lowest BCUT2D eigenvalue weighted by Crippen LogP contribution is -2.39. The van der Waals surface area contributed by atoms with Crippen LogP contribution in [0.2, 0.25) is 0 Å². The molecule has 21 heavy (non-hydrogen) atoms. The van der Waals surface area contributed by atoms with E-state index >= 15 is 0 Å². The van der Waals surface area contributed by atoms with Gasteiger partial charge in [-0.05, 0) is 0 Å². The Bertz CT molecular complexity index is 625. The van der Waals surface area contributed by atoms with Gasteiger partial charge in [-0.1, -0.05) is 0 Å². The van der Waals surface area contributed by atoms with Crippen LogP contribution in [-0.4, -0.2) is 67.6 Å². The number of carbonyl (C=O) groups is 1. The molecule has 0 radical (unpaired) electrons. The quantitative estimate of drug-likeness (QED) is 0.435. The van der Waals surface area contributed by atoms with Gasteiger partial charge in [0, 0.05) is 0 Å². The van der Waals surface area contributed by atoms with Crippen molar-refractivity contribution in [3.63, 3.8) is 0 Å². The zero-order valence-corrected chi connectivity index (χ0v) is 10.6. The van der Waals surface area contributed by atoms with Crippen molar-refractivity contribution < 1.29 is 29.6 Å². The third-order valence-corrected chi connectivity index (χ3v) is 2.82. The van der Waals surface area contributed by atoms with E-state index in [1.807, 2.05) is 4.98 Å². The average Bonchev–Trinajstić information content (AvgIpc) is 2.67. The molecule has 1 saturated heterocycles. The molecule has 1 aliphatic rings. The number of ether oxygens (including phenoxy) is 2. The van der Waals surface area contributed by atoms with Gasteiger partial charge in [-0.2, -0.15) is 9.78 Å². The summed E-state index contributed by atoms with van der Waals surface area (Å²) in [5.74, 6) is -1.20. The number of H-pyrrole nitrogens is 1. The number of aliphatic hydroxyl groups is 2. The number of nitrogens with one attached hydrogen (secondary N) is 1. The molecule has 0 spiro atoms. The SMILES string of the molecule is O=C(O)COC[C@H]1O[C@@H](n2ncc(=O)[nH]c2=O)[C@H](O)[C@@H]1O. The summed E-state index contributed by atoms with van der Waals surface area (Å²) >= 11 is 0. The zero-order valence-electron chi connectivity index (χ0n) is 10.6. The summed E-state index contributed by atoms with van der Waals surface area (Å²) in [6.07, 6.45) is -4.42. The van der Waals surface area contributed by atoms with E-state index in [-0.39, 0.29) is 6.61 Å². The van der Waals surface area contributed by atoms with Gasteiger partial charge in [0.15, 0.2) is 6.23 Å². The van der Waals surface area contributed by atoms with Gasteiger partial charge in [0.05, 0.1) is 6.61 Å². The minimum atomic E-state index is -1.49. The maximum atomic E-state index is 11.6. The van der Waals surface area contributed by atoms with Gasteiger partial charge in [-0.25, -0.2) is 9.59 Å². The summed E-state index contributed by atoms with van der Waals surface area (Å²) in [7, 11) is 0. The second kappa shape index (κ2) is 6.13. The van der Waals surface area contributed by atoms with Gasteiger partial charge in [-0.3, -0.25) is 9.78 Å². The Morgan fingerprint density at radius 3 is 2.76 bits per heavy atom. The summed E-state index contributed by atoms with van der Waals surface area (Å²) < 4.78 is 10.7. The van der Waals surface area contributed by atoms with Crippen molar-refractivity contribution in [3.8, 4) is 0 Å². The molecule has 116 valence electrons. The number of aromatic amines is 1. The first kappa shape index (κ1) is 15.3. The van der Waals surface area contributed by atoms with Crippen molar-refractivity contribution in [1.29, 1.82) is 0 Å². The Labute approximate surface area is 116 Å². The van der Waals surface area contributed by atoms with Crippen LogP contribution in [0.15, 0.2) is 15.8 Å². The van der Waals surface area contributed by atoms with Crippen molar-refractivity contribution in [2.45, 2.75) is 24.5 Å². The number of aliphatic hydroxyl groups excluding tert-OH is 2. The first-order chi connectivity index (χ1) is 9.90. The maximum Gasteiger partial charge on any atom is 0.347 e. The highest BCUT2D eigenvalue weighted by Gasteiger charge is 2.44. The van der Waals surface area contributed by atoms with E-state index in [0.29, 0.717) is 4.68 Å². The third-order valence-electron chi connectivity index (χ3n) is 2.82. The number of aromatic nitrogens is 3. The molecule has 0 saturated carbocycles. The van der Waals surface area contributed by atoms with Crippen LogP contribution in [0.25, 0.3) is 0 Å². The number of hydrogen-bond donors (Lipinski definition) is 4. The standard InChI is InChI=1S/C10H13N3O8/c14-5-1-11-13(10(19)12-5)9-8(18)7(17)4(21-9)2-20-3-6(15)16/h1,4,7-9,17-18H,2-3H2,(H,15,16)(H,12,14,19)/t4-,7-,8-,9-/m1/s1. The van der Waals surface area contributed by atoms with E-state index in [4.69, 9.17) is 14.6 Å². The largest absolute Gasteiger partial charge is 0.480 e. The summed E-state index contributed by atoms with van der Waals surface area (Å²) in [4.78, 5) is 34.7. The van der Waals surface area contributed by atoms with E-state index in [1.54, 1.807) is 0 Å². The average molecular weight is 303 g/mol. The highest BCUT2D eigenvalue weighted by Crippen LogP contribution is 2.27. The number of carboxylic acids is 1. The molecular formula is C10H13N3O8. The van der Waals surface area contributed by atoms with Gasteiger partial charge in [0.2, 0.25) is 0 Å². The molecule has 0 unspecified atom stereocenters. The molecule has 1 aromatic rings. The molecule has 4 atom stereocenters. The van der Waals surface area contributed by atoms with Crippen LogP contribution in [0.3, 0.4) is 0 Å². The van der Waals surface area contributed by atoms with E-state index in [1.165, 1.54) is 0 Å². The molecule has 2 heterocycles. The Morgan fingerprint density at radius 2 is 2.14 bits per heavy atom. The van der Waals surface area contributed by atoms with Crippen LogP contribution < -0.4 is 11.2 Å². The van der Waals surface area contributed by atoms with E-state index in [0.717, 1.165) is 6.20 Å². The topological polar surface area (TPSA) is 164 Å². The van der Waals surface area contributed by atoms with Crippen molar-refractivity contribution in [1.82, 2.24) is 14.8 Å². The van der Waals surface area contributed by atoms with Crippen LogP contribution in [0.4, 0.5) is 0 Å². The van der Waals surface area contributed by atoms with Gasteiger partial charge in [0.1, 0.15) is 31.1 Å². The lowest BCUT2D eigenvalue weighted by molar-refractivity contribution is -0.144. The predicted octanol–water partition coefficient (Wildman–Crippen LogP) is -3.35. The summed E-state index contributed by atoms with van der Waals surface area (Å²) in [5.41, 5.74) is -1.63. The molecular weight excluding hydrogens is 290 g/mol. The normalized spacial score (nSPS) is 28.7.